The highest BCUT2D eigenvalue weighted by atomic mass is 35.5. The Morgan fingerprint density at radius 1 is 1.32 bits per heavy atom. The zero-order valence-corrected chi connectivity index (χ0v) is 17.6. The zero-order chi connectivity index (χ0) is 20.3. The zero-order valence-electron chi connectivity index (χ0n) is 16.9. The first kappa shape index (κ1) is 20.4. The van der Waals surface area contributed by atoms with E-state index in [4.69, 9.17) is 11.6 Å². The molecular formula is C21H28ClN5O. The highest BCUT2D eigenvalue weighted by Crippen LogP contribution is 2.23. The van der Waals surface area contributed by atoms with Crippen LogP contribution in [-0.2, 0) is 0 Å². The number of carbonyl (C=O) groups is 1. The average molecular weight is 402 g/mol. The van der Waals surface area contributed by atoms with Gasteiger partial charge in [-0.15, -0.1) is 0 Å². The van der Waals surface area contributed by atoms with Gasteiger partial charge in [0.2, 0.25) is 5.95 Å². The van der Waals surface area contributed by atoms with Crippen molar-refractivity contribution >= 4 is 23.6 Å². The van der Waals surface area contributed by atoms with Gasteiger partial charge in [0.25, 0.3) is 0 Å². The average Bonchev–Trinajstić information content (AvgIpc) is 2.82. The molecule has 6 nitrogen and oxygen atoms in total. The lowest BCUT2D eigenvalue weighted by atomic mass is 9.99. The lowest BCUT2D eigenvalue weighted by Gasteiger charge is -2.43. The number of piperazine rings is 1. The molecule has 0 aromatic carbocycles. The molecule has 2 amide bonds. The molecule has 1 aromatic rings. The molecule has 1 aliphatic heterocycles. The first-order valence-electron chi connectivity index (χ1n) is 9.73. The SMILES string of the molecule is CC1=C(NC(=O)N2CCN(c3nccc(Cl)n3)CC2C(C)C)C(C)C=CC=C1. The predicted octanol–water partition coefficient (Wildman–Crippen LogP) is 4.02. The van der Waals surface area contributed by atoms with E-state index in [1.54, 1.807) is 12.3 Å². The molecule has 1 aromatic heterocycles. The van der Waals surface area contributed by atoms with E-state index in [9.17, 15) is 4.79 Å². The van der Waals surface area contributed by atoms with Crippen molar-refractivity contribution in [3.8, 4) is 0 Å². The van der Waals surface area contributed by atoms with Crippen LogP contribution in [0.4, 0.5) is 10.7 Å². The summed E-state index contributed by atoms with van der Waals surface area (Å²) in [6.45, 7) is 10.4. The number of nitrogens with one attached hydrogen (secondary N) is 1. The molecule has 0 radical (unpaired) electrons. The maximum atomic E-state index is 13.1. The summed E-state index contributed by atoms with van der Waals surface area (Å²) in [4.78, 5) is 25.8. The number of carbonyl (C=O) groups excluding carboxylic acids is 1. The smallest absolute Gasteiger partial charge is 0.321 e. The van der Waals surface area contributed by atoms with Gasteiger partial charge in [-0.05, 0) is 24.5 Å². The number of hydrogen-bond donors (Lipinski definition) is 1. The van der Waals surface area contributed by atoms with Crippen LogP contribution < -0.4 is 10.2 Å². The third-order valence-electron chi connectivity index (χ3n) is 5.32. The van der Waals surface area contributed by atoms with Crippen LogP contribution in [0, 0.1) is 11.8 Å². The molecule has 2 atom stereocenters. The molecule has 1 fully saturated rings. The maximum Gasteiger partial charge on any atom is 0.321 e. The van der Waals surface area contributed by atoms with E-state index in [-0.39, 0.29) is 18.0 Å². The lowest BCUT2D eigenvalue weighted by Crippen LogP contribution is -2.59. The standard InChI is InChI=1S/C21H28ClN5O/c1-14(2)17-13-26(20-23-10-9-18(22)24-20)11-12-27(17)21(28)25-19-15(3)7-5-6-8-16(19)4/h5-10,14-15,17H,11-13H2,1-4H3,(H,25,28). The van der Waals surface area contributed by atoms with Crippen molar-refractivity contribution in [3.63, 3.8) is 0 Å². The predicted molar refractivity (Wildman–Crippen MR) is 113 cm³/mol. The van der Waals surface area contributed by atoms with Gasteiger partial charge in [0, 0.05) is 37.4 Å². The number of hydrogen-bond acceptors (Lipinski definition) is 4. The van der Waals surface area contributed by atoms with Crippen molar-refractivity contribution in [1.29, 1.82) is 0 Å². The second kappa shape index (κ2) is 8.78. The summed E-state index contributed by atoms with van der Waals surface area (Å²) in [6.07, 6.45) is 9.82. The van der Waals surface area contributed by atoms with Gasteiger partial charge in [-0.1, -0.05) is 56.7 Å². The van der Waals surface area contributed by atoms with Gasteiger partial charge >= 0.3 is 6.03 Å². The van der Waals surface area contributed by atoms with E-state index in [2.05, 4.69) is 47.0 Å². The van der Waals surface area contributed by atoms with Crippen molar-refractivity contribution in [2.75, 3.05) is 24.5 Å². The Morgan fingerprint density at radius 2 is 2.11 bits per heavy atom. The molecule has 150 valence electrons. The van der Waals surface area contributed by atoms with Gasteiger partial charge in [-0.2, -0.15) is 0 Å². The van der Waals surface area contributed by atoms with Crippen molar-refractivity contribution in [2.45, 2.75) is 33.7 Å². The molecule has 28 heavy (non-hydrogen) atoms. The monoisotopic (exact) mass is 401 g/mol. The minimum Gasteiger partial charge on any atom is -0.337 e. The second-order valence-electron chi connectivity index (χ2n) is 7.69. The number of urea groups is 1. The van der Waals surface area contributed by atoms with Gasteiger partial charge in [-0.3, -0.25) is 0 Å². The molecule has 0 saturated carbocycles. The number of amides is 2. The first-order chi connectivity index (χ1) is 13.4. The third kappa shape index (κ3) is 4.55. The van der Waals surface area contributed by atoms with E-state index < -0.39 is 0 Å². The number of rotatable bonds is 3. The maximum absolute atomic E-state index is 13.1. The topological polar surface area (TPSA) is 61.4 Å². The molecule has 7 heteroatoms. The summed E-state index contributed by atoms with van der Waals surface area (Å²) in [6, 6.07) is 1.68. The Hall–Kier alpha value is -2.34. The van der Waals surface area contributed by atoms with Crippen molar-refractivity contribution < 1.29 is 4.79 Å². The number of nitrogens with zero attached hydrogens (tertiary/aromatic N) is 4. The highest BCUT2D eigenvalue weighted by Gasteiger charge is 2.34. The molecule has 1 aliphatic carbocycles. The third-order valence-corrected chi connectivity index (χ3v) is 5.53. The largest absolute Gasteiger partial charge is 0.337 e. The number of halogens is 1. The Kier molecular flexibility index (Phi) is 6.39. The molecule has 1 saturated heterocycles. The molecule has 2 unspecified atom stereocenters. The van der Waals surface area contributed by atoms with E-state index in [1.165, 1.54) is 0 Å². The van der Waals surface area contributed by atoms with Gasteiger partial charge in [-0.25, -0.2) is 14.8 Å². The van der Waals surface area contributed by atoms with Gasteiger partial charge in [0.15, 0.2) is 0 Å². The molecule has 2 heterocycles. The summed E-state index contributed by atoms with van der Waals surface area (Å²) in [5, 5.41) is 3.60. The van der Waals surface area contributed by atoms with E-state index in [0.717, 1.165) is 11.3 Å². The molecule has 3 rings (SSSR count). The summed E-state index contributed by atoms with van der Waals surface area (Å²) in [7, 11) is 0. The first-order valence-corrected chi connectivity index (χ1v) is 10.1. The number of allylic oxidation sites excluding steroid dienone is 5. The fourth-order valence-corrected chi connectivity index (χ4v) is 3.80. The normalized spacial score (nSPS) is 22.6. The molecular weight excluding hydrogens is 374 g/mol. The summed E-state index contributed by atoms with van der Waals surface area (Å²) < 4.78 is 0. The van der Waals surface area contributed by atoms with Crippen LogP contribution in [0.3, 0.4) is 0 Å². The van der Waals surface area contributed by atoms with Crippen molar-refractivity contribution in [3.05, 3.63) is 53.0 Å². The number of aromatic nitrogens is 2. The van der Waals surface area contributed by atoms with Crippen LogP contribution in [0.2, 0.25) is 5.15 Å². The van der Waals surface area contributed by atoms with E-state index >= 15 is 0 Å². The Balaban J connectivity index is 1.75. The van der Waals surface area contributed by atoms with E-state index in [0.29, 0.717) is 36.7 Å². The fourth-order valence-electron chi connectivity index (χ4n) is 3.67. The van der Waals surface area contributed by atoms with Crippen LogP contribution >= 0.6 is 11.6 Å². The highest BCUT2D eigenvalue weighted by molar-refractivity contribution is 6.29. The Bertz CT molecular complexity index is 817. The van der Waals surface area contributed by atoms with Crippen LogP contribution in [0.15, 0.2) is 47.8 Å². The van der Waals surface area contributed by atoms with Gasteiger partial charge in [0.05, 0.1) is 6.04 Å². The number of anilines is 1. The lowest BCUT2D eigenvalue weighted by molar-refractivity contribution is 0.146. The Morgan fingerprint density at radius 3 is 2.82 bits per heavy atom. The van der Waals surface area contributed by atoms with Crippen LogP contribution in [-0.4, -0.2) is 46.6 Å². The summed E-state index contributed by atoms with van der Waals surface area (Å²) >= 11 is 6.02. The second-order valence-corrected chi connectivity index (χ2v) is 8.08. The summed E-state index contributed by atoms with van der Waals surface area (Å²) in [5.41, 5.74) is 2.04. The quantitative estimate of drug-likeness (QED) is 0.777. The fraction of sp³-hybridized carbons (Fsp3) is 0.476. The molecule has 0 bridgehead atoms. The van der Waals surface area contributed by atoms with Crippen LogP contribution in [0.1, 0.15) is 27.7 Å². The minimum atomic E-state index is -0.0461. The van der Waals surface area contributed by atoms with Crippen molar-refractivity contribution in [1.82, 2.24) is 20.2 Å². The minimum absolute atomic E-state index is 0.0461. The van der Waals surface area contributed by atoms with E-state index in [1.807, 2.05) is 30.1 Å². The molecule has 0 spiro atoms. The van der Waals surface area contributed by atoms with Crippen molar-refractivity contribution in [2.24, 2.45) is 11.8 Å². The van der Waals surface area contributed by atoms with Crippen LogP contribution in [0.25, 0.3) is 0 Å². The van der Waals surface area contributed by atoms with Gasteiger partial charge < -0.3 is 15.1 Å². The van der Waals surface area contributed by atoms with Gasteiger partial charge in [0.1, 0.15) is 5.15 Å². The molecule has 2 aliphatic rings. The molecule has 1 N–H and O–H groups in total. The Labute approximate surface area is 172 Å². The van der Waals surface area contributed by atoms with Crippen LogP contribution in [0.5, 0.6) is 0 Å². The summed E-state index contributed by atoms with van der Waals surface area (Å²) in [5.74, 6) is 1.08.